The summed E-state index contributed by atoms with van der Waals surface area (Å²) in [6.07, 6.45) is 7.41. The molecule has 3 heteroatoms. The lowest BCUT2D eigenvalue weighted by Crippen LogP contribution is -2.41. The van der Waals surface area contributed by atoms with Gasteiger partial charge in [0.15, 0.2) is 0 Å². The predicted octanol–water partition coefficient (Wildman–Crippen LogP) is 2.84. The molecular weight excluding hydrogens is 262 g/mol. The zero-order valence-electron chi connectivity index (χ0n) is 13.0. The van der Waals surface area contributed by atoms with E-state index in [0.717, 1.165) is 44.6 Å². The van der Waals surface area contributed by atoms with E-state index < -0.39 is 5.60 Å². The average Bonchev–Trinajstić information content (AvgIpc) is 2.93. The molecular formula is C18H27NO2. The third-order valence-corrected chi connectivity index (χ3v) is 4.80. The maximum Gasteiger partial charge on any atom is 0.122 e. The highest BCUT2D eigenvalue weighted by molar-refractivity contribution is 5.39. The minimum absolute atomic E-state index is 0.488. The number of hydrogen-bond donors (Lipinski definition) is 2. The molecule has 2 aliphatic heterocycles. The van der Waals surface area contributed by atoms with Crippen LogP contribution < -0.4 is 10.1 Å². The molecule has 3 rings (SSSR count). The molecule has 2 atom stereocenters. The van der Waals surface area contributed by atoms with Gasteiger partial charge in [0.25, 0.3) is 0 Å². The molecule has 2 N–H and O–H groups in total. The summed E-state index contributed by atoms with van der Waals surface area (Å²) in [6.45, 7) is 3.90. The topological polar surface area (TPSA) is 41.5 Å². The van der Waals surface area contributed by atoms with Gasteiger partial charge < -0.3 is 15.2 Å². The molecule has 0 aliphatic carbocycles. The summed E-state index contributed by atoms with van der Waals surface area (Å²) in [5, 5.41) is 14.2. The molecule has 0 aromatic heterocycles. The zero-order chi connectivity index (χ0) is 14.7. The van der Waals surface area contributed by atoms with Crippen molar-refractivity contribution in [3.05, 3.63) is 29.3 Å². The number of aryl methyl sites for hydroxylation is 1. The number of fused-ring (bicyclic) bond motifs is 1. The van der Waals surface area contributed by atoms with E-state index in [1.54, 1.807) is 0 Å². The van der Waals surface area contributed by atoms with E-state index in [2.05, 4.69) is 23.5 Å². The van der Waals surface area contributed by atoms with Crippen LogP contribution in [0.15, 0.2) is 18.2 Å². The van der Waals surface area contributed by atoms with Crippen molar-refractivity contribution in [1.82, 2.24) is 5.32 Å². The lowest BCUT2D eigenvalue weighted by atomic mass is 9.87. The first-order valence-corrected chi connectivity index (χ1v) is 8.33. The molecule has 2 heterocycles. The van der Waals surface area contributed by atoms with Crippen molar-refractivity contribution < 1.29 is 9.84 Å². The van der Waals surface area contributed by atoms with Gasteiger partial charge in [-0.1, -0.05) is 18.6 Å². The highest BCUT2D eigenvalue weighted by Gasteiger charge is 2.26. The van der Waals surface area contributed by atoms with Crippen LogP contribution in [0.3, 0.4) is 0 Å². The second kappa shape index (κ2) is 6.37. The summed E-state index contributed by atoms with van der Waals surface area (Å²) in [4.78, 5) is 0. The van der Waals surface area contributed by atoms with E-state index in [0.29, 0.717) is 6.04 Å². The van der Waals surface area contributed by atoms with Gasteiger partial charge in [-0.3, -0.25) is 0 Å². The predicted molar refractivity (Wildman–Crippen MR) is 84.8 cm³/mol. The van der Waals surface area contributed by atoms with Crippen LogP contribution in [0.4, 0.5) is 0 Å². The van der Waals surface area contributed by atoms with Crippen molar-refractivity contribution in [3.63, 3.8) is 0 Å². The van der Waals surface area contributed by atoms with Crippen LogP contribution in [0, 0.1) is 0 Å². The van der Waals surface area contributed by atoms with Crippen molar-refractivity contribution in [3.8, 4) is 5.75 Å². The fourth-order valence-electron chi connectivity index (χ4n) is 3.54. The van der Waals surface area contributed by atoms with Crippen molar-refractivity contribution in [2.45, 2.75) is 63.5 Å². The Kier molecular flexibility index (Phi) is 4.51. The monoisotopic (exact) mass is 289 g/mol. The van der Waals surface area contributed by atoms with Gasteiger partial charge in [-0.05, 0) is 62.8 Å². The maximum absolute atomic E-state index is 10.7. The summed E-state index contributed by atoms with van der Waals surface area (Å²) < 4.78 is 5.54. The number of nitrogens with one attached hydrogen (secondary N) is 1. The Labute approximate surface area is 127 Å². The largest absolute Gasteiger partial charge is 0.493 e. The van der Waals surface area contributed by atoms with Crippen LogP contribution in [0.1, 0.15) is 50.2 Å². The first-order valence-electron chi connectivity index (χ1n) is 8.33. The molecule has 2 unspecified atom stereocenters. The van der Waals surface area contributed by atoms with E-state index in [-0.39, 0.29) is 0 Å². The molecule has 1 aromatic carbocycles. The standard InChI is InChI=1S/C18H27NO2/c1-18(20,13-16-4-2-3-10-19-16)9-7-14-5-6-17-15(12-14)8-11-21-17/h5-6,12,16,19-20H,2-4,7-11,13H2,1H3. The van der Waals surface area contributed by atoms with Crippen molar-refractivity contribution in [2.24, 2.45) is 0 Å². The van der Waals surface area contributed by atoms with Crippen LogP contribution in [-0.4, -0.2) is 29.9 Å². The Balaban J connectivity index is 1.53. The molecule has 0 saturated carbocycles. The molecule has 3 nitrogen and oxygen atoms in total. The van der Waals surface area contributed by atoms with Crippen LogP contribution >= 0.6 is 0 Å². The fraction of sp³-hybridized carbons (Fsp3) is 0.667. The highest BCUT2D eigenvalue weighted by atomic mass is 16.5. The Morgan fingerprint density at radius 2 is 2.29 bits per heavy atom. The van der Waals surface area contributed by atoms with Gasteiger partial charge in [0.1, 0.15) is 5.75 Å². The van der Waals surface area contributed by atoms with Gasteiger partial charge in [-0.15, -0.1) is 0 Å². The van der Waals surface area contributed by atoms with Gasteiger partial charge in [0.05, 0.1) is 12.2 Å². The van der Waals surface area contributed by atoms with Gasteiger partial charge >= 0.3 is 0 Å². The first kappa shape index (κ1) is 14.9. The average molecular weight is 289 g/mol. The zero-order valence-corrected chi connectivity index (χ0v) is 13.0. The summed E-state index contributed by atoms with van der Waals surface area (Å²) in [7, 11) is 0. The lowest BCUT2D eigenvalue weighted by molar-refractivity contribution is 0.0288. The molecule has 21 heavy (non-hydrogen) atoms. The van der Waals surface area contributed by atoms with Crippen LogP contribution in [0.25, 0.3) is 0 Å². The van der Waals surface area contributed by atoms with Crippen molar-refractivity contribution >= 4 is 0 Å². The SMILES string of the molecule is CC(O)(CCc1ccc2c(c1)CCO2)CC1CCCCN1. The third-order valence-electron chi connectivity index (χ3n) is 4.80. The van der Waals surface area contributed by atoms with Gasteiger partial charge in [-0.2, -0.15) is 0 Å². The van der Waals surface area contributed by atoms with Crippen molar-refractivity contribution in [1.29, 1.82) is 0 Å². The molecule has 1 fully saturated rings. The normalized spacial score (nSPS) is 24.2. The molecule has 116 valence electrons. The van der Waals surface area contributed by atoms with E-state index in [1.165, 1.54) is 30.4 Å². The number of rotatable bonds is 5. The van der Waals surface area contributed by atoms with Crippen LogP contribution in [0.5, 0.6) is 5.75 Å². The van der Waals surface area contributed by atoms with Crippen molar-refractivity contribution in [2.75, 3.05) is 13.2 Å². The highest BCUT2D eigenvalue weighted by Crippen LogP contribution is 2.28. The fourth-order valence-corrected chi connectivity index (χ4v) is 3.54. The number of hydrogen-bond acceptors (Lipinski definition) is 3. The Morgan fingerprint density at radius 3 is 3.10 bits per heavy atom. The van der Waals surface area contributed by atoms with Gasteiger partial charge in [0.2, 0.25) is 0 Å². The summed E-state index contributed by atoms with van der Waals surface area (Å²) in [5.74, 6) is 1.04. The van der Waals surface area contributed by atoms with E-state index in [4.69, 9.17) is 4.74 Å². The number of benzene rings is 1. The number of aliphatic hydroxyl groups is 1. The van der Waals surface area contributed by atoms with Gasteiger partial charge in [-0.25, -0.2) is 0 Å². The van der Waals surface area contributed by atoms with Gasteiger partial charge in [0, 0.05) is 12.5 Å². The summed E-state index contributed by atoms with van der Waals surface area (Å²) in [6, 6.07) is 6.95. The molecule has 2 aliphatic rings. The smallest absolute Gasteiger partial charge is 0.122 e. The minimum atomic E-state index is -0.579. The van der Waals surface area contributed by atoms with Crippen LogP contribution in [0.2, 0.25) is 0 Å². The Bertz CT molecular complexity index is 478. The molecule has 0 radical (unpaired) electrons. The molecule has 0 spiro atoms. The molecule has 0 amide bonds. The molecule has 1 aromatic rings. The Morgan fingerprint density at radius 1 is 1.38 bits per heavy atom. The second-order valence-electron chi connectivity index (χ2n) is 6.89. The molecule has 0 bridgehead atoms. The van der Waals surface area contributed by atoms with E-state index in [1.807, 2.05) is 6.92 Å². The number of ether oxygens (including phenoxy) is 1. The summed E-state index contributed by atoms with van der Waals surface area (Å²) in [5.41, 5.74) is 2.06. The lowest BCUT2D eigenvalue weighted by Gasteiger charge is -2.31. The summed E-state index contributed by atoms with van der Waals surface area (Å²) >= 11 is 0. The third kappa shape index (κ3) is 3.98. The second-order valence-corrected chi connectivity index (χ2v) is 6.89. The van der Waals surface area contributed by atoms with E-state index >= 15 is 0 Å². The molecule has 1 saturated heterocycles. The first-order chi connectivity index (χ1) is 10.1. The maximum atomic E-state index is 10.7. The van der Waals surface area contributed by atoms with Crippen LogP contribution in [-0.2, 0) is 12.8 Å². The van der Waals surface area contributed by atoms with E-state index in [9.17, 15) is 5.11 Å². The Hall–Kier alpha value is -1.06. The number of piperidine rings is 1. The minimum Gasteiger partial charge on any atom is -0.493 e. The quantitative estimate of drug-likeness (QED) is 0.876.